The molecule has 1 aliphatic rings. The first-order valence-corrected chi connectivity index (χ1v) is 10.2. The fraction of sp³-hybridized carbons (Fsp3) is 0.364. The number of aromatic amines is 1. The number of ketones is 1. The quantitative estimate of drug-likeness (QED) is 0.624. The van der Waals surface area contributed by atoms with Gasteiger partial charge in [0.1, 0.15) is 17.9 Å². The van der Waals surface area contributed by atoms with E-state index in [9.17, 15) is 9.59 Å². The lowest BCUT2D eigenvalue weighted by atomic mass is 9.90. The van der Waals surface area contributed by atoms with E-state index in [2.05, 4.69) is 20.3 Å². The van der Waals surface area contributed by atoms with Crippen molar-refractivity contribution < 1.29 is 14.3 Å². The summed E-state index contributed by atoms with van der Waals surface area (Å²) in [5.74, 6) is 0.536. The predicted octanol–water partition coefficient (Wildman–Crippen LogP) is 3.23. The number of rotatable bonds is 7. The Morgan fingerprint density at radius 3 is 2.87 bits per heavy atom. The second kappa shape index (κ2) is 8.94. The van der Waals surface area contributed by atoms with Crippen LogP contribution in [0.3, 0.4) is 0 Å². The zero-order valence-electron chi connectivity index (χ0n) is 16.9. The highest BCUT2D eigenvalue weighted by Crippen LogP contribution is 2.28. The van der Waals surface area contributed by atoms with Crippen LogP contribution in [0.4, 0.5) is 10.6 Å². The smallest absolute Gasteiger partial charge is 0.410 e. The summed E-state index contributed by atoms with van der Waals surface area (Å²) in [6, 6.07) is 11.4. The van der Waals surface area contributed by atoms with Crippen LogP contribution < -0.4 is 5.32 Å². The molecule has 0 spiro atoms. The van der Waals surface area contributed by atoms with Gasteiger partial charge in [0.05, 0.1) is 12.7 Å². The topological polar surface area (TPSA) is 100 Å². The average molecular weight is 407 g/mol. The number of H-pyrrole nitrogens is 1. The van der Waals surface area contributed by atoms with E-state index < -0.39 is 0 Å². The number of nitrogens with zero attached hydrogens (tertiary/aromatic N) is 3. The van der Waals surface area contributed by atoms with Crippen molar-refractivity contribution in [3.05, 3.63) is 54.4 Å². The summed E-state index contributed by atoms with van der Waals surface area (Å²) in [6.45, 7) is 3.35. The molecular formula is C22H25N5O3. The maximum atomic E-state index is 12.9. The van der Waals surface area contributed by atoms with E-state index in [1.54, 1.807) is 17.3 Å². The number of carbonyl (C=O) groups is 2. The molecule has 8 nitrogen and oxygen atoms in total. The molecule has 0 unspecified atom stereocenters. The molecule has 3 heterocycles. The molecule has 0 bridgehead atoms. The number of benzene rings is 1. The minimum absolute atomic E-state index is 0.0659. The van der Waals surface area contributed by atoms with Crippen molar-refractivity contribution in [2.24, 2.45) is 11.8 Å². The number of carbonyl (C=O) groups excluding carboxylic acids is 2. The molecule has 0 radical (unpaired) electrons. The summed E-state index contributed by atoms with van der Waals surface area (Å²) in [5.41, 5.74) is 2.39. The lowest BCUT2D eigenvalue weighted by molar-refractivity contribution is -0.121. The molecule has 4 rings (SSSR count). The first-order chi connectivity index (χ1) is 14.6. The number of anilines is 1. The summed E-state index contributed by atoms with van der Waals surface area (Å²) in [5, 5.41) is 3.07. The van der Waals surface area contributed by atoms with Crippen LogP contribution in [-0.2, 0) is 16.1 Å². The number of amides is 1. The molecule has 1 aliphatic heterocycles. The van der Waals surface area contributed by atoms with Crippen LogP contribution in [0.1, 0.15) is 18.9 Å². The number of nitrogens with one attached hydrogen (secondary N) is 2. The third-order valence-corrected chi connectivity index (χ3v) is 5.55. The molecule has 8 heteroatoms. The SMILES string of the molecule is CC[C@@H]1CN(C(=O)OCc2ccccc2)C[C@H]1C(=O)CNc1cnc2[nH]ccc2n1. The molecule has 2 N–H and O–H groups in total. The summed E-state index contributed by atoms with van der Waals surface area (Å²) in [4.78, 5) is 38.7. The van der Waals surface area contributed by atoms with Crippen molar-refractivity contribution in [1.29, 1.82) is 0 Å². The van der Waals surface area contributed by atoms with Crippen LogP contribution >= 0.6 is 0 Å². The number of ether oxygens (including phenoxy) is 1. The molecule has 3 aromatic rings. The Bertz CT molecular complexity index is 1020. The van der Waals surface area contributed by atoms with Gasteiger partial charge in [-0.3, -0.25) is 4.79 Å². The second-order valence-electron chi connectivity index (χ2n) is 7.51. The third kappa shape index (κ3) is 4.42. The first kappa shape index (κ1) is 19.9. The van der Waals surface area contributed by atoms with Crippen molar-refractivity contribution in [3.63, 3.8) is 0 Å². The van der Waals surface area contributed by atoms with Gasteiger partial charge in [0.15, 0.2) is 11.4 Å². The van der Waals surface area contributed by atoms with Gasteiger partial charge in [-0.15, -0.1) is 0 Å². The Morgan fingerprint density at radius 2 is 2.07 bits per heavy atom. The van der Waals surface area contributed by atoms with Crippen LogP contribution in [0.5, 0.6) is 0 Å². The van der Waals surface area contributed by atoms with Gasteiger partial charge in [-0.25, -0.2) is 14.8 Å². The number of hydrogen-bond acceptors (Lipinski definition) is 6. The van der Waals surface area contributed by atoms with Gasteiger partial charge in [-0.2, -0.15) is 0 Å². The number of aromatic nitrogens is 3. The van der Waals surface area contributed by atoms with Crippen LogP contribution in [0, 0.1) is 11.8 Å². The third-order valence-electron chi connectivity index (χ3n) is 5.55. The molecule has 1 saturated heterocycles. The number of hydrogen-bond donors (Lipinski definition) is 2. The Labute approximate surface area is 174 Å². The van der Waals surface area contributed by atoms with Gasteiger partial charge < -0.3 is 19.9 Å². The van der Waals surface area contributed by atoms with E-state index >= 15 is 0 Å². The fourth-order valence-electron chi connectivity index (χ4n) is 3.83. The Hall–Kier alpha value is -3.42. The zero-order valence-corrected chi connectivity index (χ0v) is 16.9. The Morgan fingerprint density at radius 1 is 1.23 bits per heavy atom. The van der Waals surface area contributed by atoms with E-state index in [1.165, 1.54) is 0 Å². The molecule has 156 valence electrons. The molecule has 0 aliphatic carbocycles. The molecule has 1 amide bonds. The minimum atomic E-state index is -0.371. The van der Waals surface area contributed by atoms with Gasteiger partial charge >= 0.3 is 6.09 Å². The van der Waals surface area contributed by atoms with Crippen molar-refractivity contribution in [1.82, 2.24) is 19.9 Å². The van der Waals surface area contributed by atoms with Crippen molar-refractivity contribution in [2.75, 3.05) is 25.0 Å². The monoisotopic (exact) mass is 407 g/mol. The second-order valence-corrected chi connectivity index (χ2v) is 7.51. The number of fused-ring (bicyclic) bond motifs is 1. The van der Waals surface area contributed by atoms with Crippen LogP contribution in [-0.4, -0.2) is 51.4 Å². The highest BCUT2D eigenvalue weighted by molar-refractivity contribution is 5.86. The molecule has 0 saturated carbocycles. The molecule has 1 fully saturated rings. The number of Topliss-reactive ketones (excluding diaryl/α,β-unsaturated/α-hetero) is 1. The van der Waals surface area contributed by atoms with Crippen molar-refractivity contribution in [3.8, 4) is 0 Å². The molecule has 1 aromatic carbocycles. The maximum Gasteiger partial charge on any atom is 0.410 e. The maximum absolute atomic E-state index is 12.9. The predicted molar refractivity (Wildman–Crippen MR) is 113 cm³/mol. The molecule has 2 atom stereocenters. The average Bonchev–Trinajstić information content (AvgIpc) is 3.43. The lowest BCUT2D eigenvalue weighted by Gasteiger charge is -2.16. The standard InChI is InChI=1S/C22H25N5O3/c1-2-16-12-27(22(29)30-14-15-6-4-3-5-7-15)13-17(16)19(28)10-24-20-11-25-21-18(26-20)8-9-23-21/h3-9,11,16-17H,2,10,12-14H2,1H3,(H,23,25)(H,24,26)/t16-,17-/m1/s1. The summed E-state index contributed by atoms with van der Waals surface area (Å²) in [6.07, 6.45) is 3.83. The molecule has 30 heavy (non-hydrogen) atoms. The van der Waals surface area contributed by atoms with Crippen LogP contribution in [0.15, 0.2) is 48.8 Å². The van der Waals surface area contributed by atoms with E-state index in [1.807, 2.05) is 43.3 Å². The number of likely N-dealkylation sites (tertiary alicyclic amines) is 1. The largest absolute Gasteiger partial charge is 0.445 e. The Balaban J connectivity index is 1.32. The van der Waals surface area contributed by atoms with E-state index in [4.69, 9.17) is 4.74 Å². The minimum Gasteiger partial charge on any atom is -0.445 e. The molecule has 2 aromatic heterocycles. The van der Waals surface area contributed by atoms with Crippen molar-refractivity contribution >= 4 is 28.9 Å². The zero-order chi connectivity index (χ0) is 20.9. The van der Waals surface area contributed by atoms with Gasteiger partial charge in [0.2, 0.25) is 0 Å². The van der Waals surface area contributed by atoms with Gasteiger partial charge in [0.25, 0.3) is 0 Å². The highest BCUT2D eigenvalue weighted by Gasteiger charge is 2.38. The summed E-state index contributed by atoms with van der Waals surface area (Å²) < 4.78 is 5.43. The molecular weight excluding hydrogens is 382 g/mol. The van der Waals surface area contributed by atoms with Gasteiger partial charge in [0, 0.05) is 25.2 Å². The normalized spacial score (nSPS) is 18.5. The lowest BCUT2D eigenvalue weighted by Crippen LogP contribution is -2.32. The van der Waals surface area contributed by atoms with Gasteiger partial charge in [-0.05, 0) is 17.5 Å². The van der Waals surface area contributed by atoms with Crippen LogP contribution in [0.25, 0.3) is 11.2 Å². The fourth-order valence-corrected chi connectivity index (χ4v) is 3.83. The van der Waals surface area contributed by atoms with E-state index in [0.717, 1.165) is 17.5 Å². The summed E-state index contributed by atoms with van der Waals surface area (Å²) >= 11 is 0. The van der Waals surface area contributed by atoms with Crippen LogP contribution in [0.2, 0.25) is 0 Å². The Kier molecular flexibility index (Phi) is 5.92. The van der Waals surface area contributed by atoms with E-state index in [0.29, 0.717) is 24.6 Å². The van der Waals surface area contributed by atoms with Gasteiger partial charge in [-0.1, -0.05) is 43.7 Å². The first-order valence-electron chi connectivity index (χ1n) is 10.2. The van der Waals surface area contributed by atoms with E-state index in [-0.39, 0.29) is 36.9 Å². The van der Waals surface area contributed by atoms with Crippen molar-refractivity contribution in [2.45, 2.75) is 20.0 Å². The summed E-state index contributed by atoms with van der Waals surface area (Å²) in [7, 11) is 0. The highest BCUT2D eigenvalue weighted by atomic mass is 16.6.